The lowest BCUT2D eigenvalue weighted by Crippen LogP contribution is -2.17. The number of benzene rings is 2. The van der Waals surface area contributed by atoms with E-state index in [1.807, 2.05) is 24.3 Å². The molecule has 5 nitrogen and oxygen atoms in total. The lowest BCUT2D eigenvalue weighted by Gasteiger charge is -2.07. The molecule has 0 saturated heterocycles. The third-order valence-corrected chi connectivity index (χ3v) is 6.66. The number of hydrogen-bond donors (Lipinski definition) is 2. The molecule has 0 aromatic heterocycles. The number of phenolic OH excluding ortho intramolecular Hbond substituents is 1. The van der Waals surface area contributed by atoms with Crippen molar-refractivity contribution in [3.05, 3.63) is 59.7 Å². The summed E-state index contributed by atoms with van der Waals surface area (Å²) in [5.74, 6) is 0.651. The predicted molar refractivity (Wildman–Crippen MR) is 155 cm³/mol. The zero-order chi connectivity index (χ0) is 26.4. The van der Waals surface area contributed by atoms with Gasteiger partial charge in [0.15, 0.2) is 0 Å². The van der Waals surface area contributed by atoms with E-state index in [9.17, 15) is 9.90 Å². The Morgan fingerprint density at radius 1 is 0.730 bits per heavy atom. The Bertz CT molecular complexity index is 863. The number of carbonyl (C=O) groups is 1. The number of amides is 1. The van der Waals surface area contributed by atoms with Crippen molar-refractivity contribution in [1.82, 2.24) is 5.43 Å². The van der Waals surface area contributed by atoms with E-state index in [-0.39, 0.29) is 11.7 Å². The third kappa shape index (κ3) is 15.1. The van der Waals surface area contributed by atoms with E-state index >= 15 is 0 Å². The van der Waals surface area contributed by atoms with Crippen LogP contribution in [0.5, 0.6) is 11.5 Å². The molecule has 2 rings (SSSR count). The maximum Gasteiger partial charge on any atom is 0.271 e. The van der Waals surface area contributed by atoms with Gasteiger partial charge in [-0.05, 0) is 60.5 Å². The first-order valence-electron chi connectivity index (χ1n) is 14.5. The lowest BCUT2D eigenvalue weighted by molar-refractivity contribution is 0.0955. The molecule has 2 aromatic rings. The molecule has 0 saturated carbocycles. The second-order valence-electron chi connectivity index (χ2n) is 9.97. The van der Waals surface area contributed by atoms with Gasteiger partial charge in [0.05, 0.1) is 12.8 Å². The largest absolute Gasteiger partial charge is 0.508 e. The summed E-state index contributed by atoms with van der Waals surface area (Å²) >= 11 is 0. The highest BCUT2D eigenvalue weighted by molar-refractivity contribution is 5.94. The molecule has 0 spiro atoms. The first-order chi connectivity index (χ1) is 18.2. The summed E-state index contributed by atoms with van der Waals surface area (Å²) in [7, 11) is 0. The highest BCUT2D eigenvalue weighted by atomic mass is 16.5. The topological polar surface area (TPSA) is 70.9 Å². The van der Waals surface area contributed by atoms with E-state index in [0.29, 0.717) is 5.56 Å². The monoisotopic (exact) mass is 508 g/mol. The van der Waals surface area contributed by atoms with Crippen LogP contribution < -0.4 is 10.2 Å². The van der Waals surface area contributed by atoms with E-state index in [1.165, 1.54) is 108 Å². The molecule has 0 aliphatic heterocycles. The lowest BCUT2D eigenvalue weighted by atomic mass is 10.0. The molecule has 2 aromatic carbocycles. The number of unbranched alkanes of at least 4 members (excludes halogenated alkanes) is 15. The summed E-state index contributed by atoms with van der Waals surface area (Å²) in [4.78, 5) is 12.0. The molecule has 0 fully saturated rings. The van der Waals surface area contributed by atoms with Gasteiger partial charge in [-0.2, -0.15) is 5.10 Å². The fourth-order valence-corrected chi connectivity index (χ4v) is 4.33. The number of ether oxygens (including phenoxy) is 1. The smallest absolute Gasteiger partial charge is 0.271 e. The molecule has 0 aliphatic carbocycles. The first-order valence-corrected chi connectivity index (χ1v) is 14.5. The summed E-state index contributed by atoms with van der Waals surface area (Å²) < 4.78 is 5.86. The molecule has 37 heavy (non-hydrogen) atoms. The van der Waals surface area contributed by atoms with Gasteiger partial charge in [0, 0.05) is 5.56 Å². The summed E-state index contributed by atoms with van der Waals surface area (Å²) in [6, 6.07) is 13.7. The molecule has 0 atom stereocenters. The second kappa shape index (κ2) is 20.3. The van der Waals surface area contributed by atoms with E-state index < -0.39 is 0 Å². The number of nitrogens with zero attached hydrogens (tertiary/aromatic N) is 1. The molecule has 0 heterocycles. The Balaban J connectivity index is 1.41. The van der Waals surface area contributed by atoms with Crippen molar-refractivity contribution in [1.29, 1.82) is 0 Å². The van der Waals surface area contributed by atoms with Crippen LogP contribution in [-0.2, 0) is 0 Å². The van der Waals surface area contributed by atoms with E-state index in [1.54, 1.807) is 18.3 Å². The van der Waals surface area contributed by atoms with Crippen LogP contribution in [0.15, 0.2) is 53.6 Å². The number of carbonyl (C=O) groups excluding carboxylic acids is 1. The minimum absolute atomic E-state index is 0.122. The van der Waals surface area contributed by atoms with E-state index in [0.717, 1.165) is 24.3 Å². The standard InChI is InChI=1S/C32H48N2O3/c1-2-3-4-5-6-7-8-9-10-11-12-13-14-15-16-17-26-37-31-24-18-28(19-25-31)27-33-34-32(36)29-20-22-30(35)23-21-29/h18-25,27,35H,2-17,26H2,1H3,(H,34,36)/b33-27+. The Labute approximate surface area is 224 Å². The molecule has 0 bridgehead atoms. The fourth-order valence-electron chi connectivity index (χ4n) is 4.33. The van der Waals surface area contributed by atoms with Gasteiger partial charge in [0.1, 0.15) is 11.5 Å². The Morgan fingerprint density at radius 2 is 1.22 bits per heavy atom. The fraction of sp³-hybridized carbons (Fsp3) is 0.562. The summed E-state index contributed by atoms with van der Waals surface area (Å²) in [5, 5.41) is 13.3. The summed E-state index contributed by atoms with van der Waals surface area (Å²) in [5.41, 5.74) is 3.80. The van der Waals surface area contributed by atoms with Gasteiger partial charge in [-0.25, -0.2) is 5.43 Å². The predicted octanol–water partition coefficient (Wildman–Crippen LogP) is 8.80. The molecule has 0 unspecified atom stereocenters. The van der Waals surface area contributed by atoms with Gasteiger partial charge in [0.2, 0.25) is 0 Å². The zero-order valence-electron chi connectivity index (χ0n) is 22.9. The molecular weight excluding hydrogens is 460 g/mol. The van der Waals surface area contributed by atoms with Crippen molar-refractivity contribution >= 4 is 12.1 Å². The number of aromatic hydroxyl groups is 1. The minimum Gasteiger partial charge on any atom is -0.508 e. The molecule has 0 aliphatic rings. The van der Waals surface area contributed by atoms with Crippen LogP contribution in [-0.4, -0.2) is 23.8 Å². The Kier molecular flexibility index (Phi) is 16.6. The van der Waals surface area contributed by atoms with Crippen molar-refractivity contribution in [2.24, 2.45) is 5.10 Å². The average Bonchev–Trinajstić information content (AvgIpc) is 2.91. The number of nitrogens with one attached hydrogen (secondary N) is 1. The average molecular weight is 509 g/mol. The van der Waals surface area contributed by atoms with Gasteiger partial charge in [-0.1, -0.05) is 103 Å². The van der Waals surface area contributed by atoms with Crippen LogP contribution in [0.4, 0.5) is 0 Å². The molecule has 5 heteroatoms. The highest BCUT2D eigenvalue weighted by Gasteiger charge is 2.03. The maximum atomic E-state index is 12.0. The van der Waals surface area contributed by atoms with Gasteiger partial charge in [-0.15, -0.1) is 0 Å². The maximum absolute atomic E-state index is 12.0. The molecule has 0 radical (unpaired) electrons. The van der Waals surface area contributed by atoms with Crippen molar-refractivity contribution in [2.45, 2.75) is 110 Å². The molecule has 2 N–H and O–H groups in total. The van der Waals surface area contributed by atoms with E-state index in [2.05, 4.69) is 17.5 Å². The number of hydrazone groups is 1. The number of phenols is 1. The van der Waals surface area contributed by atoms with Crippen LogP contribution in [0, 0.1) is 0 Å². The van der Waals surface area contributed by atoms with Gasteiger partial charge in [-0.3, -0.25) is 4.79 Å². The molecular formula is C32H48N2O3. The normalized spacial score (nSPS) is 11.2. The molecule has 204 valence electrons. The molecule has 1 amide bonds. The Morgan fingerprint density at radius 3 is 1.73 bits per heavy atom. The summed E-state index contributed by atoms with van der Waals surface area (Å²) in [6.07, 6.45) is 23.5. The van der Waals surface area contributed by atoms with E-state index in [4.69, 9.17) is 4.74 Å². The number of rotatable bonds is 21. The van der Waals surface area contributed by atoms with Gasteiger partial charge >= 0.3 is 0 Å². The Hall–Kier alpha value is -2.82. The summed E-state index contributed by atoms with van der Waals surface area (Å²) in [6.45, 7) is 3.03. The minimum atomic E-state index is -0.324. The quantitative estimate of drug-likeness (QED) is 0.101. The van der Waals surface area contributed by atoms with Crippen molar-refractivity contribution in [3.8, 4) is 11.5 Å². The highest BCUT2D eigenvalue weighted by Crippen LogP contribution is 2.15. The second-order valence-corrected chi connectivity index (χ2v) is 9.97. The van der Waals surface area contributed by atoms with Gasteiger partial charge in [0.25, 0.3) is 5.91 Å². The SMILES string of the molecule is CCCCCCCCCCCCCCCCCCOc1ccc(/C=N/NC(=O)c2ccc(O)cc2)cc1. The zero-order valence-corrected chi connectivity index (χ0v) is 22.9. The van der Waals surface area contributed by atoms with Crippen molar-refractivity contribution in [3.63, 3.8) is 0 Å². The van der Waals surface area contributed by atoms with Crippen LogP contribution in [0.2, 0.25) is 0 Å². The first kappa shape index (κ1) is 30.4. The van der Waals surface area contributed by atoms with Crippen LogP contribution >= 0.6 is 0 Å². The van der Waals surface area contributed by atoms with Crippen LogP contribution in [0.3, 0.4) is 0 Å². The number of hydrogen-bond acceptors (Lipinski definition) is 4. The van der Waals surface area contributed by atoms with Gasteiger partial charge < -0.3 is 9.84 Å². The van der Waals surface area contributed by atoms with Crippen molar-refractivity contribution < 1.29 is 14.6 Å². The van der Waals surface area contributed by atoms with Crippen LogP contribution in [0.25, 0.3) is 0 Å². The van der Waals surface area contributed by atoms with Crippen LogP contribution in [0.1, 0.15) is 126 Å². The third-order valence-electron chi connectivity index (χ3n) is 6.66. The van der Waals surface area contributed by atoms with Crippen molar-refractivity contribution in [2.75, 3.05) is 6.61 Å².